The van der Waals surface area contributed by atoms with Crippen molar-refractivity contribution in [1.29, 1.82) is 0 Å². The Bertz CT molecular complexity index is 472. The third-order valence-electron chi connectivity index (χ3n) is 2.79. The predicted octanol–water partition coefficient (Wildman–Crippen LogP) is 3.68. The Balaban J connectivity index is 2.18. The molecule has 2 aromatic rings. The largest absolute Gasteiger partial charge is 0.356 e. The van der Waals surface area contributed by atoms with Crippen molar-refractivity contribution in [3.8, 4) is 0 Å². The zero-order chi connectivity index (χ0) is 12.3. The third kappa shape index (κ3) is 2.69. The zero-order valence-corrected chi connectivity index (χ0v) is 11.4. The molecule has 4 heteroatoms. The first-order valence-corrected chi connectivity index (χ1v) is 6.87. The average molecular weight is 249 g/mol. The van der Waals surface area contributed by atoms with Crippen molar-refractivity contribution in [2.45, 2.75) is 33.2 Å². The van der Waals surface area contributed by atoms with Crippen LogP contribution in [-0.4, -0.2) is 16.1 Å². The number of hydrogen-bond acceptors (Lipinski definition) is 3. The van der Waals surface area contributed by atoms with Gasteiger partial charge in [-0.05, 0) is 32.4 Å². The maximum absolute atomic E-state index is 4.36. The minimum atomic E-state index is 0.343. The first kappa shape index (κ1) is 12.2. The van der Waals surface area contributed by atoms with Gasteiger partial charge in [-0.1, -0.05) is 6.92 Å². The van der Waals surface area contributed by atoms with Gasteiger partial charge >= 0.3 is 0 Å². The van der Waals surface area contributed by atoms with Crippen LogP contribution in [0.3, 0.4) is 0 Å². The number of imidazole rings is 1. The van der Waals surface area contributed by atoms with E-state index in [9.17, 15) is 0 Å². The van der Waals surface area contributed by atoms with Gasteiger partial charge in [-0.15, -0.1) is 11.3 Å². The van der Waals surface area contributed by atoms with Gasteiger partial charge in [-0.25, -0.2) is 4.98 Å². The summed E-state index contributed by atoms with van der Waals surface area (Å²) >= 11 is 1.85. The van der Waals surface area contributed by atoms with Crippen molar-refractivity contribution in [2.75, 3.05) is 11.9 Å². The summed E-state index contributed by atoms with van der Waals surface area (Å²) in [6, 6.07) is 4.72. The van der Waals surface area contributed by atoms with E-state index in [2.05, 4.69) is 47.8 Å². The molecule has 0 spiro atoms. The van der Waals surface area contributed by atoms with Crippen LogP contribution in [0.4, 0.5) is 5.95 Å². The minimum absolute atomic E-state index is 0.343. The Morgan fingerprint density at radius 1 is 1.47 bits per heavy atom. The monoisotopic (exact) mass is 249 g/mol. The molecule has 0 radical (unpaired) electrons. The van der Waals surface area contributed by atoms with E-state index < -0.39 is 0 Å². The second-order valence-corrected chi connectivity index (χ2v) is 5.53. The number of hydrogen-bond donors (Lipinski definition) is 1. The van der Waals surface area contributed by atoms with Gasteiger partial charge in [0.05, 0.1) is 6.04 Å². The summed E-state index contributed by atoms with van der Waals surface area (Å²) in [4.78, 5) is 7.10. The highest BCUT2D eigenvalue weighted by atomic mass is 32.1. The van der Waals surface area contributed by atoms with E-state index in [0.29, 0.717) is 6.04 Å². The third-order valence-corrected chi connectivity index (χ3v) is 3.96. The van der Waals surface area contributed by atoms with Gasteiger partial charge in [0.2, 0.25) is 5.95 Å². The molecule has 0 fully saturated rings. The first-order valence-electron chi connectivity index (χ1n) is 6.05. The molecule has 2 aromatic heterocycles. The number of anilines is 1. The first-order chi connectivity index (χ1) is 8.22. The van der Waals surface area contributed by atoms with Crippen LogP contribution in [-0.2, 0) is 0 Å². The van der Waals surface area contributed by atoms with Crippen LogP contribution in [0, 0.1) is 6.92 Å². The van der Waals surface area contributed by atoms with Crippen molar-refractivity contribution < 1.29 is 0 Å². The second-order valence-electron chi connectivity index (χ2n) is 4.21. The fraction of sp³-hybridized carbons (Fsp3) is 0.462. The quantitative estimate of drug-likeness (QED) is 0.876. The van der Waals surface area contributed by atoms with Crippen molar-refractivity contribution in [3.05, 3.63) is 34.3 Å². The topological polar surface area (TPSA) is 29.9 Å². The Labute approximate surface area is 107 Å². The Kier molecular flexibility index (Phi) is 3.84. The number of nitrogens with one attached hydrogen (secondary N) is 1. The van der Waals surface area contributed by atoms with E-state index in [-0.39, 0.29) is 0 Å². The molecule has 1 unspecified atom stereocenters. The van der Waals surface area contributed by atoms with Crippen molar-refractivity contribution in [3.63, 3.8) is 0 Å². The Morgan fingerprint density at radius 2 is 2.29 bits per heavy atom. The average Bonchev–Trinajstić information content (AvgIpc) is 2.94. The molecule has 2 rings (SSSR count). The molecule has 0 aliphatic heterocycles. The van der Waals surface area contributed by atoms with Crippen LogP contribution in [0.2, 0.25) is 0 Å². The highest BCUT2D eigenvalue weighted by molar-refractivity contribution is 7.12. The maximum atomic E-state index is 4.36. The fourth-order valence-corrected chi connectivity index (χ4v) is 2.74. The van der Waals surface area contributed by atoms with E-state index >= 15 is 0 Å². The smallest absolute Gasteiger partial charge is 0.203 e. The molecule has 0 aromatic carbocycles. The molecule has 0 aliphatic rings. The Hall–Kier alpha value is -1.29. The van der Waals surface area contributed by atoms with Gasteiger partial charge < -0.3 is 9.88 Å². The van der Waals surface area contributed by atoms with Gasteiger partial charge in [0, 0.05) is 28.7 Å². The molecule has 2 heterocycles. The molecule has 0 bridgehead atoms. The Morgan fingerprint density at radius 3 is 2.94 bits per heavy atom. The molecular formula is C13H19N3S. The van der Waals surface area contributed by atoms with Gasteiger partial charge in [-0.2, -0.15) is 0 Å². The standard InChI is InChI=1S/C13H19N3S/c1-4-7-14-13-15-8-9-16(13)11(3)12-6-5-10(2)17-12/h5-6,8-9,11H,4,7H2,1-3H3,(H,14,15). The van der Waals surface area contributed by atoms with Crippen molar-refractivity contribution >= 4 is 17.3 Å². The molecule has 0 saturated heterocycles. The van der Waals surface area contributed by atoms with Crippen LogP contribution < -0.4 is 5.32 Å². The summed E-state index contributed by atoms with van der Waals surface area (Å²) in [7, 11) is 0. The summed E-state index contributed by atoms with van der Waals surface area (Å²) in [6.07, 6.45) is 5.01. The number of aromatic nitrogens is 2. The predicted molar refractivity (Wildman–Crippen MR) is 73.9 cm³/mol. The normalized spacial score (nSPS) is 12.6. The summed E-state index contributed by atoms with van der Waals surface area (Å²) < 4.78 is 2.20. The van der Waals surface area contributed by atoms with Gasteiger partial charge in [0.15, 0.2) is 0 Å². The van der Waals surface area contributed by atoms with E-state index in [4.69, 9.17) is 0 Å². The van der Waals surface area contributed by atoms with Crippen LogP contribution in [0.5, 0.6) is 0 Å². The summed E-state index contributed by atoms with van der Waals surface area (Å²) in [5.41, 5.74) is 0. The van der Waals surface area contributed by atoms with Crippen LogP contribution >= 0.6 is 11.3 Å². The molecule has 17 heavy (non-hydrogen) atoms. The molecule has 1 atom stereocenters. The van der Waals surface area contributed by atoms with Crippen molar-refractivity contribution in [2.24, 2.45) is 0 Å². The van der Waals surface area contributed by atoms with Crippen LogP contribution in [0.15, 0.2) is 24.5 Å². The van der Waals surface area contributed by atoms with Crippen LogP contribution in [0.25, 0.3) is 0 Å². The number of rotatable bonds is 5. The van der Waals surface area contributed by atoms with Crippen LogP contribution in [0.1, 0.15) is 36.1 Å². The molecule has 92 valence electrons. The van der Waals surface area contributed by atoms with Gasteiger partial charge in [0.1, 0.15) is 0 Å². The fourth-order valence-electron chi connectivity index (χ4n) is 1.81. The summed E-state index contributed by atoms with van der Waals surface area (Å²) in [5.74, 6) is 0.963. The lowest BCUT2D eigenvalue weighted by Crippen LogP contribution is -2.11. The van der Waals surface area contributed by atoms with E-state index in [0.717, 1.165) is 18.9 Å². The molecule has 3 nitrogen and oxygen atoms in total. The van der Waals surface area contributed by atoms with Gasteiger partial charge in [0.25, 0.3) is 0 Å². The molecule has 0 saturated carbocycles. The van der Waals surface area contributed by atoms with E-state index in [1.807, 2.05) is 23.7 Å². The number of nitrogens with zero attached hydrogens (tertiary/aromatic N) is 2. The SMILES string of the molecule is CCCNc1nccn1C(C)c1ccc(C)s1. The lowest BCUT2D eigenvalue weighted by Gasteiger charge is -2.15. The lowest BCUT2D eigenvalue weighted by atomic mass is 10.2. The highest BCUT2D eigenvalue weighted by Crippen LogP contribution is 2.27. The van der Waals surface area contributed by atoms with E-state index in [1.54, 1.807) is 0 Å². The number of aryl methyl sites for hydroxylation is 1. The molecule has 0 aliphatic carbocycles. The van der Waals surface area contributed by atoms with E-state index in [1.165, 1.54) is 9.75 Å². The zero-order valence-electron chi connectivity index (χ0n) is 10.6. The molecule has 0 amide bonds. The summed E-state index contributed by atoms with van der Waals surface area (Å²) in [5, 5.41) is 3.36. The number of thiophene rings is 1. The van der Waals surface area contributed by atoms with Gasteiger partial charge in [-0.3, -0.25) is 0 Å². The molecule has 1 N–H and O–H groups in total. The minimum Gasteiger partial charge on any atom is -0.356 e. The second kappa shape index (κ2) is 5.36. The summed E-state index contributed by atoms with van der Waals surface area (Å²) in [6.45, 7) is 7.48. The van der Waals surface area contributed by atoms with Crippen molar-refractivity contribution in [1.82, 2.24) is 9.55 Å². The maximum Gasteiger partial charge on any atom is 0.203 e. The molecular weight excluding hydrogens is 230 g/mol. The highest BCUT2D eigenvalue weighted by Gasteiger charge is 2.13. The lowest BCUT2D eigenvalue weighted by molar-refractivity contribution is 0.653.